The molecule has 2 bridgehead atoms. The van der Waals surface area contributed by atoms with Gasteiger partial charge < -0.3 is 10.2 Å². The number of benzene rings is 1. The van der Waals surface area contributed by atoms with E-state index in [1.807, 2.05) is 0 Å². The molecular formula is C15H20N2O3S. The third-order valence-corrected chi connectivity index (χ3v) is 5.61. The van der Waals surface area contributed by atoms with Crippen LogP contribution in [0.4, 0.5) is 0 Å². The van der Waals surface area contributed by atoms with E-state index >= 15 is 0 Å². The van der Waals surface area contributed by atoms with E-state index in [2.05, 4.69) is 10.2 Å². The van der Waals surface area contributed by atoms with Crippen LogP contribution >= 0.6 is 0 Å². The topological polar surface area (TPSA) is 66.5 Å². The Labute approximate surface area is 125 Å². The second kappa shape index (κ2) is 5.42. The van der Waals surface area contributed by atoms with Gasteiger partial charge in [0.25, 0.3) is 5.91 Å². The molecule has 0 spiro atoms. The lowest BCUT2D eigenvalue weighted by Crippen LogP contribution is -2.57. The first-order valence-electron chi connectivity index (χ1n) is 7.27. The van der Waals surface area contributed by atoms with E-state index in [-0.39, 0.29) is 16.8 Å². The van der Waals surface area contributed by atoms with Gasteiger partial charge in [-0.1, -0.05) is 6.07 Å². The highest BCUT2D eigenvalue weighted by atomic mass is 32.2. The summed E-state index contributed by atoms with van der Waals surface area (Å²) in [6.45, 7) is 3.16. The van der Waals surface area contributed by atoms with Gasteiger partial charge in [-0.15, -0.1) is 0 Å². The molecule has 114 valence electrons. The zero-order chi connectivity index (χ0) is 15.0. The molecule has 0 aromatic heterocycles. The molecule has 1 N–H and O–H groups in total. The SMILES string of the molecule is CS(=O)(=O)c1cccc(C(=O)NC2CN3CCC2CC3)c1. The number of amides is 1. The number of carbonyl (C=O) groups is 1. The van der Waals surface area contributed by atoms with Crippen LogP contribution in [-0.4, -0.2) is 51.2 Å². The smallest absolute Gasteiger partial charge is 0.251 e. The van der Waals surface area contributed by atoms with Crippen LogP contribution in [-0.2, 0) is 9.84 Å². The minimum Gasteiger partial charge on any atom is -0.348 e. The first-order valence-corrected chi connectivity index (χ1v) is 9.16. The summed E-state index contributed by atoms with van der Waals surface area (Å²) in [4.78, 5) is 14.9. The Morgan fingerprint density at radius 2 is 2.00 bits per heavy atom. The number of rotatable bonds is 3. The van der Waals surface area contributed by atoms with E-state index in [9.17, 15) is 13.2 Å². The molecule has 3 fully saturated rings. The van der Waals surface area contributed by atoms with E-state index in [4.69, 9.17) is 0 Å². The minimum absolute atomic E-state index is 0.181. The first kappa shape index (κ1) is 14.5. The Kier molecular flexibility index (Phi) is 3.75. The molecule has 0 radical (unpaired) electrons. The second-order valence-electron chi connectivity index (χ2n) is 6.02. The van der Waals surface area contributed by atoms with Crippen LogP contribution in [0.25, 0.3) is 0 Å². The number of hydrogen-bond donors (Lipinski definition) is 1. The first-order chi connectivity index (χ1) is 9.93. The van der Waals surface area contributed by atoms with E-state index in [0.29, 0.717) is 11.5 Å². The molecule has 21 heavy (non-hydrogen) atoms. The second-order valence-corrected chi connectivity index (χ2v) is 8.03. The van der Waals surface area contributed by atoms with Gasteiger partial charge in [-0.05, 0) is 50.0 Å². The summed E-state index contributed by atoms with van der Waals surface area (Å²) in [5, 5.41) is 3.07. The van der Waals surface area contributed by atoms with Crippen LogP contribution in [0.2, 0.25) is 0 Å². The van der Waals surface area contributed by atoms with Crippen LogP contribution < -0.4 is 5.32 Å². The molecule has 6 heteroatoms. The maximum Gasteiger partial charge on any atom is 0.251 e. The van der Waals surface area contributed by atoms with Crippen molar-refractivity contribution in [1.82, 2.24) is 10.2 Å². The Morgan fingerprint density at radius 3 is 2.57 bits per heavy atom. The van der Waals surface area contributed by atoms with Crippen molar-refractivity contribution >= 4 is 15.7 Å². The van der Waals surface area contributed by atoms with Crippen molar-refractivity contribution in [1.29, 1.82) is 0 Å². The predicted molar refractivity (Wildman–Crippen MR) is 80.0 cm³/mol. The lowest BCUT2D eigenvalue weighted by molar-refractivity contribution is 0.0620. The van der Waals surface area contributed by atoms with Gasteiger partial charge in [0.2, 0.25) is 0 Å². The fraction of sp³-hybridized carbons (Fsp3) is 0.533. The predicted octanol–water partition coefficient (Wildman–Crippen LogP) is 0.914. The maximum absolute atomic E-state index is 12.3. The van der Waals surface area contributed by atoms with Gasteiger partial charge in [-0.2, -0.15) is 0 Å². The summed E-state index contributed by atoms with van der Waals surface area (Å²) < 4.78 is 23.1. The summed E-state index contributed by atoms with van der Waals surface area (Å²) >= 11 is 0. The molecule has 3 saturated heterocycles. The molecule has 0 aliphatic carbocycles. The van der Waals surface area contributed by atoms with Crippen molar-refractivity contribution in [2.45, 2.75) is 23.8 Å². The van der Waals surface area contributed by atoms with Crippen LogP contribution in [0, 0.1) is 5.92 Å². The summed E-state index contributed by atoms with van der Waals surface area (Å²) in [5.74, 6) is 0.372. The number of hydrogen-bond acceptors (Lipinski definition) is 4. The Balaban J connectivity index is 1.74. The molecule has 0 saturated carbocycles. The highest BCUT2D eigenvalue weighted by molar-refractivity contribution is 7.90. The summed E-state index contributed by atoms with van der Waals surface area (Å²) in [5.41, 5.74) is 0.411. The molecule has 1 atom stereocenters. The number of fused-ring (bicyclic) bond motifs is 3. The molecule has 5 nitrogen and oxygen atoms in total. The quantitative estimate of drug-likeness (QED) is 0.901. The molecule has 4 rings (SSSR count). The van der Waals surface area contributed by atoms with Gasteiger partial charge in [0.1, 0.15) is 0 Å². The average molecular weight is 308 g/mol. The highest BCUT2D eigenvalue weighted by Crippen LogP contribution is 2.27. The Bertz CT molecular complexity index is 649. The summed E-state index contributed by atoms with van der Waals surface area (Å²) in [6, 6.07) is 6.42. The third-order valence-electron chi connectivity index (χ3n) is 4.50. The zero-order valence-electron chi connectivity index (χ0n) is 12.1. The molecule has 1 aromatic rings. The molecule has 1 unspecified atom stereocenters. The molecule has 3 heterocycles. The van der Waals surface area contributed by atoms with Crippen LogP contribution in [0.1, 0.15) is 23.2 Å². The van der Waals surface area contributed by atoms with Crippen LogP contribution in [0.5, 0.6) is 0 Å². The number of piperidine rings is 3. The normalized spacial score (nSPS) is 28.3. The van der Waals surface area contributed by atoms with E-state index < -0.39 is 9.84 Å². The van der Waals surface area contributed by atoms with Crippen LogP contribution in [0.3, 0.4) is 0 Å². The van der Waals surface area contributed by atoms with Crippen molar-refractivity contribution in [3.63, 3.8) is 0 Å². The molecular weight excluding hydrogens is 288 g/mol. The molecule has 3 aliphatic rings. The molecule has 3 aliphatic heterocycles. The third kappa shape index (κ3) is 3.11. The van der Waals surface area contributed by atoms with Crippen molar-refractivity contribution in [2.75, 3.05) is 25.9 Å². The van der Waals surface area contributed by atoms with Crippen molar-refractivity contribution < 1.29 is 13.2 Å². The van der Waals surface area contributed by atoms with Crippen molar-refractivity contribution in [3.8, 4) is 0 Å². The lowest BCUT2D eigenvalue weighted by Gasteiger charge is -2.44. The number of sulfone groups is 1. The molecule has 1 amide bonds. The Morgan fingerprint density at radius 1 is 1.29 bits per heavy atom. The minimum atomic E-state index is -3.29. The van der Waals surface area contributed by atoms with Gasteiger partial charge in [0, 0.05) is 24.4 Å². The molecule has 1 aromatic carbocycles. The van der Waals surface area contributed by atoms with Crippen molar-refractivity contribution in [2.24, 2.45) is 5.92 Å². The lowest BCUT2D eigenvalue weighted by atomic mass is 9.84. The van der Waals surface area contributed by atoms with Gasteiger partial charge in [0.05, 0.1) is 4.90 Å². The largest absolute Gasteiger partial charge is 0.348 e. The monoisotopic (exact) mass is 308 g/mol. The van der Waals surface area contributed by atoms with Crippen molar-refractivity contribution in [3.05, 3.63) is 29.8 Å². The fourth-order valence-corrected chi connectivity index (χ4v) is 3.92. The van der Waals surface area contributed by atoms with E-state index in [1.54, 1.807) is 12.1 Å². The van der Waals surface area contributed by atoms with Gasteiger partial charge in [-0.3, -0.25) is 4.79 Å². The van der Waals surface area contributed by atoms with Gasteiger partial charge in [0.15, 0.2) is 9.84 Å². The van der Waals surface area contributed by atoms with Gasteiger partial charge in [-0.25, -0.2) is 8.42 Å². The van der Waals surface area contributed by atoms with E-state index in [1.165, 1.54) is 12.1 Å². The standard InChI is InChI=1S/C15H20N2O3S/c1-21(19,20)13-4-2-3-12(9-13)15(18)16-14-10-17-7-5-11(14)6-8-17/h2-4,9,11,14H,5-8,10H2,1H3,(H,16,18). The fourth-order valence-electron chi connectivity index (χ4n) is 3.25. The average Bonchev–Trinajstić information content (AvgIpc) is 2.48. The van der Waals surface area contributed by atoms with Crippen LogP contribution in [0.15, 0.2) is 29.2 Å². The zero-order valence-corrected chi connectivity index (χ0v) is 12.9. The van der Waals surface area contributed by atoms with Gasteiger partial charge >= 0.3 is 0 Å². The van der Waals surface area contributed by atoms with E-state index in [0.717, 1.165) is 38.7 Å². The maximum atomic E-state index is 12.3. The Hall–Kier alpha value is -1.40. The highest BCUT2D eigenvalue weighted by Gasteiger charge is 2.34. The summed E-state index contributed by atoms with van der Waals surface area (Å²) in [7, 11) is -3.29. The number of nitrogens with one attached hydrogen (secondary N) is 1. The number of nitrogens with zero attached hydrogens (tertiary/aromatic N) is 1. The number of carbonyl (C=O) groups excluding carboxylic acids is 1. The summed E-state index contributed by atoms with van der Waals surface area (Å²) in [6.07, 6.45) is 3.42.